The average Bonchev–Trinajstić information content (AvgIpc) is 2.38. The molecular formula is C12H16N4O. The van der Waals surface area contributed by atoms with Gasteiger partial charge in [-0.15, -0.1) is 0 Å². The predicted octanol–water partition coefficient (Wildman–Crippen LogP) is 3.04. The molecule has 0 amide bonds. The molecule has 0 bridgehead atoms. The summed E-state index contributed by atoms with van der Waals surface area (Å²) in [6.45, 7) is 0.237. The number of hydrogen-bond acceptors (Lipinski definition) is 3. The van der Waals surface area contributed by atoms with E-state index in [1.165, 1.54) is 6.42 Å². The predicted molar refractivity (Wildman–Crippen MR) is 64.1 cm³/mol. The third-order valence-electron chi connectivity index (χ3n) is 3.26. The summed E-state index contributed by atoms with van der Waals surface area (Å²) in [6.07, 6.45) is 4.80. The van der Waals surface area contributed by atoms with Crippen molar-refractivity contribution >= 4 is 0 Å². The summed E-state index contributed by atoms with van der Waals surface area (Å²) in [7, 11) is 0. The Balaban J connectivity index is 2.22. The molecule has 90 valence electrons. The van der Waals surface area contributed by atoms with Crippen molar-refractivity contribution in [1.29, 1.82) is 0 Å². The lowest BCUT2D eigenvalue weighted by atomic mass is 9.82. The van der Waals surface area contributed by atoms with Crippen LogP contribution in [0.25, 0.3) is 10.4 Å². The van der Waals surface area contributed by atoms with Crippen LogP contribution in [-0.4, -0.2) is 10.1 Å². The lowest BCUT2D eigenvalue weighted by Gasteiger charge is -2.31. The molecule has 1 aliphatic rings. The highest BCUT2D eigenvalue weighted by Gasteiger charge is 2.32. The summed E-state index contributed by atoms with van der Waals surface area (Å²) in [5, 5.41) is 14.0. The number of rotatable bonds is 3. The van der Waals surface area contributed by atoms with Crippen molar-refractivity contribution in [3.05, 3.63) is 40.0 Å². The van der Waals surface area contributed by atoms with Crippen molar-refractivity contribution in [2.24, 2.45) is 5.11 Å². The number of aliphatic hydroxyl groups is 1. The smallest absolute Gasteiger partial charge is 0.106 e. The summed E-state index contributed by atoms with van der Waals surface area (Å²) >= 11 is 0. The Morgan fingerprint density at radius 2 is 2.12 bits per heavy atom. The Kier molecular flexibility index (Phi) is 3.61. The van der Waals surface area contributed by atoms with E-state index in [4.69, 9.17) is 5.53 Å². The van der Waals surface area contributed by atoms with Gasteiger partial charge in [0, 0.05) is 10.6 Å². The molecule has 1 fully saturated rings. The molecule has 1 aliphatic carbocycles. The van der Waals surface area contributed by atoms with Crippen LogP contribution < -0.4 is 0 Å². The highest BCUT2D eigenvalue weighted by Crippen LogP contribution is 2.35. The van der Waals surface area contributed by atoms with Crippen LogP contribution in [0.15, 0.2) is 23.3 Å². The van der Waals surface area contributed by atoms with Crippen molar-refractivity contribution in [1.82, 2.24) is 4.98 Å². The van der Waals surface area contributed by atoms with Crippen LogP contribution in [0.5, 0.6) is 0 Å². The van der Waals surface area contributed by atoms with Gasteiger partial charge in [-0.3, -0.25) is 4.98 Å². The third kappa shape index (κ3) is 2.75. The third-order valence-corrected chi connectivity index (χ3v) is 3.26. The topological polar surface area (TPSA) is 81.9 Å². The first-order chi connectivity index (χ1) is 8.24. The minimum Gasteiger partial charge on any atom is -0.384 e. The Morgan fingerprint density at radius 1 is 1.35 bits per heavy atom. The lowest BCUT2D eigenvalue weighted by molar-refractivity contribution is -0.00478. The standard InChI is InChI=1S/C12H16N4O/c13-16-14-9-10-5-4-6-11(15-10)12(17)7-2-1-3-8-12/h4-6,17H,1-3,7-9H2. The number of aromatic nitrogens is 1. The number of azide groups is 1. The number of pyridine rings is 1. The largest absolute Gasteiger partial charge is 0.384 e. The van der Waals surface area contributed by atoms with Gasteiger partial charge in [-0.2, -0.15) is 0 Å². The zero-order valence-corrected chi connectivity index (χ0v) is 9.71. The van der Waals surface area contributed by atoms with Crippen molar-refractivity contribution in [2.75, 3.05) is 0 Å². The van der Waals surface area contributed by atoms with E-state index in [0.717, 1.165) is 25.7 Å². The molecule has 1 aromatic rings. The number of nitrogens with zero attached hydrogens (tertiary/aromatic N) is 4. The van der Waals surface area contributed by atoms with Gasteiger partial charge in [-0.25, -0.2) is 0 Å². The quantitative estimate of drug-likeness (QED) is 0.493. The van der Waals surface area contributed by atoms with Crippen molar-refractivity contribution in [3.63, 3.8) is 0 Å². The van der Waals surface area contributed by atoms with E-state index in [2.05, 4.69) is 15.0 Å². The molecule has 5 heteroatoms. The highest BCUT2D eigenvalue weighted by molar-refractivity contribution is 5.18. The van der Waals surface area contributed by atoms with Gasteiger partial charge in [-0.1, -0.05) is 30.4 Å². The summed E-state index contributed by atoms with van der Waals surface area (Å²) < 4.78 is 0. The van der Waals surface area contributed by atoms with Crippen LogP contribution in [0, 0.1) is 0 Å². The maximum Gasteiger partial charge on any atom is 0.106 e. The summed E-state index contributed by atoms with van der Waals surface area (Å²) in [5.41, 5.74) is 8.91. The molecule has 1 saturated carbocycles. The van der Waals surface area contributed by atoms with Gasteiger partial charge in [0.1, 0.15) is 5.60 Å². The Hall–Kier alpha value is -1.58. The number of hydrogen-bond donors (Lipinski definition) is 1. The molecule has 0 spiro atoms. The van der Waals surface area contributed by atoms with E-state index < -0.39 is 5.60 Å². The monoisotopic (exact) mass is 232 g/mol. The maximum atomic E-state index is 10.5. The van der Waals surface area contributed by atoms with Crippen LogP contribution in [0.3, 0.4) is 0 Å². The van der Waals surface area contributed by atoms with Gasteiger partial charge in [0.2, 0.25) is 0 Å². The van der Waals surface area contributed by atoms with Gasteiger partial charge < -0.3 is 5.11 Å². The molecule has 0 unspecified atom stereocenters. The summed E-state index contributed by atoms with van der Waals surface area (Å²) in [4.78, 5) is 7.10. The van der Waals surface area contributed by atoms with E-state index >= 15 is 0 Å². The minimum absolute atomic E-state index is 0.237. The van der Waals surface area contributed by atoms with Crippen LogP contribution >= 0.6 is 0 Å². The molecule has 1 heterocycles. The van der Waals surface area contributed by atoms with Crippen LogP contribution in [0.2, 0.25) is 0 Å². The Labute approximate surface area is 100 Å². The zero-order chi connectivity index (χ0) is 12.1. The first-order valence-electron chi connectivity index (χ1n) is 5.94. The van der Waals surface area contributed by atoms with Crippen LogP contribution in [-0.2, 0) is 12.1 Å². The molecule has 1 N–H and O–H groups in total. The summed E-state index contributed by atoms with van der Waals surface area (Å²) in [5.74, 6) is 0. The van der Waals surface area contributed by atoms with Gasteiger partial charge in [0.25, 0.3) is 0 Å². The molecular weight excluding hydrogens is 216 g/mol. The maximum absolute atomic E-state index is 10.5. The molecule has 2 rings (SSSR count). The van der Waals surface area contributed by atoms with E-state index in [0.29, 0.717) is 11.4 Å². The van der Waals surface area contributed by atoms with E-state index in [-0.39, 0.29) is 6.54 Å². The van der Waals surface area contributed by atoms with Crippen molar-refractivity contribution in [2.45, 2.75) is 44.2 Å². The normalized spacial score (nSPS) is 18.4. The first-order valence-corrected chi connectivity index (χ1v) is 5.94. The fourth-order valence-electron chi connectivity index (χ4n) is 2.32. The second-order valence-electron chi connectivity index (χ2n) is 4.50. The second-order valence-corrected chi connectivity index (χ2v) is 4.50. The SMILES string of the molecule is [N-]=[N+]=NCc1cccc(C2(O)CCCCC2)n1. The van der Waals surface area contributed by atoms with E-state index in [1.807, 2.05) is 18.2 Å². The summed E-state index contributed by atoms with van der Waals surface area (Å²) in [6, 6.07) is 5.52. The van der Waals surface area contributed by atoms with Crippen LogP contribution in [0.1, 0.15) is 43.5 Å². The fraction of sp³-hybridized carbons (Fsp3) is 0.583. The van der Waals surface area contributed by atoms with Gasteiger partial charge >= 0.3 is 0 Å². The average molecular weight is 232 g/mol. The molecule has 17 heavy (non-hydrogen) atoms. The lowest BCUT2D eigenvalue weighted by Crippen LogP contribution is -2.29. The molecule has 1 aromatic heterocycles. The molecule has 0 radical (unpaired) electrons. The molecule has 5 nitrogen and oxygen atoms in total. The first kappa shape index (κ1) is 11.9. The Bertz CT molecular complexity index is 434. The van der Waals surface area contributed by atoms with Gasteiger partial charge in [0.05, 0.1) is 12.2 Å². The molecule has 0 aliphatic heterocycles. The molecule has 0 aromatic carbocycles. The van der Waals surface area contributed by atoms with Crippen LogP contribution in [0.4, 0.5) is 0 Å². The highest BCUT2D eigenvalue weighted by atomic mass is 16.3. The fourth-order valence-corrected chi connectivity index (χ4v) is 2.32. The van der Waals surface area contributed by atoms with E-state index in [9.17, 15) is 5.11 Å². The minimum atomic E-state index is -0.787. The van der Waals surface area contributed by atoms with Crippen molar-refractivity contribution < 1.29 is 5.11 Å². The molecule has 0 atom stereocenters. The Morgan fingerprint density at radius 3 is 2.82 bits per heavy atom. The van der Waals surface area contributed by atoms with E-state index in [1.54, 1.807) is 0 Å². The van der Waals surface area contributed by atoms with Gasteiger partial charge in [0.15, 0.2) is 0 Å². The molecule has 0 saturated heterocycles. The zero-order valence-electron chi connectivity index (χ0n) is 9.71. The second kappa shape index (κ2) is 5.17. The van der Waals surface area contributed by atoms with Gasteiger partial charge in [-0.05, 0) is 30.5 Å². The van der Waals surface area contributed by atoms with Crippen molar-refractivity contribution in [3.8, 4) is 0 Å².